The molecular formula is C28H33FN2O7S. The Labute approximate surface area is 228 Å². The smallest absolute Gasteiger partial charge is 0.428 e. The molecule has 1 saturated carbocycles. The molecule has 9 nitrogen and oxygen atoms in total. The van der Waals surface area contributed by atoms with E-state index >= 15 is 0 Å². The summed E-state index contributed by atoms with van der Waals surface area (Å²) in [7, 11) is -2.53. The van der Waals surface area contributed by atoms with Gasteiger partial charge in [0.15, 0.2) is 0 Å². The quantitative estimate of drug-likeness (QED) is 0.403. The van der Waals surface area contributed by atoms with Crippen molar-refractivity contribution in [2.75, 3.05) is 44.8 Å². The minimum atomic E-state index is -4.72. The second-order valence-electron chi connectivity index (χ2n) is 9.66. The fourth-order valence-electron chi connectivity index (χ4n) is 4.99. The van der Waals surface area contributed by atoms with Gasteiger partial charge in [0.25, 0.3) is 10.0 Å². The van der Waals surface area contributed by atoms with Gasteiger partial charge in [0, 0.05) is 12.5 Å². The van der Waals surface area contributed by atoms with Gasteiger partial charge < -0.3 is 14.2 Å². The number of halogens is 1. The first-order chi connectivity index (χ1) is 18.6. The number of sulfonamides is 1. The minimum absolute atomic E-state index is 0.0585. The molecule has 0 spiro atoms. The summed E-state index contributed by atoms with van der Waals surface area (Å²) in [6, 6.07) is 6.24. The number of ether oxygens (including phenoxy) is 3. The zero-order chi connectivity index (χ0) is 28.5. The van der Waals surface area contributed by atoms with Gasteiger partial charge in [-0.15, -0.1) is 0 Å². The van der Waals surface area contributed by atoms with Crippen molar-refractivity contribution < 1.29 is 36.6 Å². The van der Waals surface area contributed by atoms with Crippen LogP contribution >= 0.6 is 0 Å². The molecule has 0 saturated heterocycles. The lowest BCUT2D eigenvalue weighted by Crippen LogP contribution is -2.38. The number of anilines is 1. The Morgan fingerprint density at radius 2 is 1.85 bits per heavy atom. The van der Waals surface area contributed by atoms with E-state index in [-0.39, 0.29) is 33.4 Å². The highest BCUT2D eigenvalue weighted by molar-refractivity contribution is 7.93. The lowest BCUT2D eigenvalue weighted by Gasteiger charge is -2.27. The van der Waals surface area contributed by atoms with E-state index in [1.165, 1.54) is 6.07 Å². The van der Waals surface area contributed by atoms with E-state index in [1.54, 1.807) is 12.1 Å². The number of hydrogen-bond acceptors (Lipinski definition) is 8. The highest BCUT2D eigenvalue weighted by Gasteiger charge is 2.47. The average Bonchev–Trinajstić information content (AvgIpc) is 3.71. The predicted octanol–water partition coefficient (Wildman–Crippen LogP) is 4.82. The van der Waals surface area contributed by atoms with Crippen molar-refractivity contribution in [3.05, 3.63) is 58.4 Å². The summed E-state index contributed by atoms with van der Waals surface area (Å²) in [4.78, 5) is 27.9. The summed E-state index contributed by atoms with van der Waals surface area (Å²) in [5.74, 6) is -0.785. The lowest BCUT2D eigenvalue weighted by molar-refractivity contribution is 0.0596. The number of carbonyl (C=O) groups excluding carboxylic acids is 2. The first-order valence-electron chi connectivity index (χ1n) is 12.8. The van der Waals surface area contributed by atoms with Crippen molar-refractivity contribution >= 4 is 33.8 Å². The van der Waals surface area contributed by atoms with E-state index in [0.717, 1.165) is 63.1 Å². The van der Waals surface area contributed by atoms with Crippen molar-refractivity contribution in [2.24, 2.45) is 5.92 Å². The SMILES string of the molecule is CCN(CC)C/C(C)=C\c1cc(F)ccc1S(=O)(=O)N(C(=O)OC)c1ccc2c(c1C(=O)OC)OCC1CC21. The average molecular weight is 561 g/mol. The molecule has 2 aromatic carbocycles. The molecule has 1 fully saturated rings. The highest BCUT2D eigenvalue weighted by atomic mass is 32.2. The summed E-state index contributed by atoms with van der Waals surface area (Å²) < 4.78 is 58.8. The van der Waals surface area contributed by atoms with Crippen LogP contribution in [-0.4, -0.2) is 65.8 Å². The van der Waals surface area contributed by atoms with E-state index < -0.39 is 27.9 Å². The molecule has 1 amide bonds. The molecular weight excluding hydrogens is 527 g/mol. The molecule has 1 aliphatic carbocycles. The highest BCUT2D eigenvalue weighted by Crippen LogP contribution is 2.56. The maximum absolute atomic E-state index is 14.4. The first-order valence-corrected chi connectivity index (χ1v) is 14.2. The van der Waals surface area contributed by atoms with Crippen LogP contribution in [0.1, 0.15) is 54.6 Å². The Morgan fingerprint density at radius 3 is 2.49 bits per heavy atom. The molecule has 39 heavy (non-hydrogen) atoms. The van der Waals surface area contributed by atoms with Crippen LogP contribution in [0.15, 0.2) is 40.8 Å². The van der Waals surface area contributed by atoms with Crippen LogP contribution in [0.2, 0.25) is 0 Å². The Balaban J connectivity index is 1.89. The third-order valence-electron chi connectivity index (χ3n) is 7.14. The molecule has 0 N–H and O–H groups in total. The van der Waals surface area contributed by atoms with Crippen LogP contribution < -0.4 is 9.04 Å². The lowest BCUT2D eigenvalue weighted by atomic mass is 10.00. The maximum atomic E-state index is 14.4. The van der Waals surface area contributed by atoms with Crippen molar-refractivity contribution in [3.8, 4) is 5.75 Å². The fourth-order valence-corrected chi connectivity index (χ4v) is 6.53. The molecule has 11 heteroatoms. The number of likely N-dealkylation sites (N-methyl/N-ethyl adjacent to an activating group) is 1. The number of amides is 1. The van der Waals surface area contributed by atoms with Crippen LogP contribution in [0, 0.1) is 11.7 Å². The monoisotopic (exact) mass is 560 g/mol. The molecule has 1 heterocycles. The van der Waals surface area contributed by atoms with Crippen molar-refractivity contribution in [1.82, 2.24) is 4.90 Å². The fraction of sp³-hybridized carbons (Fsp3) is 0.429. The molecule has 0 radical (unpaired) electrons. The number of nitrogens with zero attached hydrogens (tertiary/aromatic N) is 2. The van der Waals surface area contributed by atoms with Gasteiger partial charge in [0.1, 0.15) is 17.1 Å². The number of methoxy groups -OCH3 is 2. The molecule has 1 aliphatic heterocycles. The van der Waals surface area contributed by atoms with Crippen LogP contribution in [0.3, 0.4) is 0 Å². The zero-order valence-electron chi connectivity index (χ0n) is 22.7. The molecule has 0 bridgehead atoms. The van der Waals surface area contributed by atoms with Crippen molar-refractivity contribution in [3.63, 3.8) is 0 Å². The van der Waals surface area contributed by atoms with Gasteiger partial charge in [-0.25, -0.2) is 22.4 Å². The molecule has 0 aromatic heterocycles. The number of fused-ring (bicyclic) bond motifs is 3. The third kappa shape index (κ3) is 5.51. The molecule has 2 unspecified atom stereocenters. The van der Waals surface area contributed by atoms with E-state index in [2.05, 4.69) is 4.90 Å². The molecule has 210 valence electrons. The van der Waals surface area contributed by atoms with E-state index in [4.69, 9.17) is 14.2 Å². The van der Waals surface area contributed by atoms with Gasteiger partial charge in [0.05, 0.1) is 31.4 Å². The second-order valence-corrected chi connectivity index (χ2v) is 11.4. The van der Waals surface area contributed by atoms with Gasteiger partial charge in [-0.2, -0.15) is 4.31 Å². The van der Waals surface area contributed by atoms with Crippen LogP contribution in [0.4, 0.5) is 14.9 Å². The number of rotatable bonds is 9. The standard InChI is InChI=1S/C28H33FN2O7S/c1-6-30(7-2)15-17(3)12-18-13-20(29)8-11-24(18)39(34,35)31(28(33)37-5)23-10-9-21-22-14-19(22)16-38-26(21)25(23)27(32)36-4/h8-13,19,22H,6-7,14-16H2,1-5H3/b17-12-. The van der Waals surface area contributed by atoms with Gasteiger partial charge in [-0.05, 0) is 67.7 Å². The summed E-state index contributed by atoms with van der Waals surface area (Å²) in [5.41, 5.74) is 1.15. The van der Waals surface area contributed by atoms with Crippen molar-refractivity contribution in [1.29, 1.82) is 0 Å². The molecule has 2 aromatic rings. The number of hydrogen-bond donors (Lipinski definition) is 0. The largest absolute Gasteiger partial charge is 0.492 e. The Morgan fingerprint density at radius 1 is 1.13 bits per heavy atom. The molecule has 4 rings (SSSR count). The topological polar surface area (TPSA) is 102 Å². The molecule has 2 atom stereocenters. The summed E-state index contributed by atoms with van der Waals surface area (Å²) in [5, 5.41) is 0. The van der Waals surface area contributed by atoms with Crippen molar-refractivity contribution in [2.45, 2.75) is 38.0 Å². The van der Waals surface area contributed by atoms with Gasteiger partial charge >= 0.3 is 12.1 Å². The summed E-state index contributed by atoms with van der Waals surface area (Å²) in [6.45, 7) is 8.31. The number of carbonyl (C=O) groups is 2. The zero-order valence-corrected chi connectivity index (χ0v) is 23.5. The minimum Gasteiger partial charge on any atom is -0.492 e. The van der Waals surface area contributed by atoms with Crippen LogP contribution in [0.25, 0.3) is 6.08 Å². The normalized spacial score (nSPS) is 18.1. The first kappa shape index (κ1) is 28.6. The van der Waals surface area contributed by atoms with Gasteiger partial charge in [-0.3, -0.25) is 4.90 Å². The molecule has 2 aliphatic rings. The van der Waals surface area contributed by atoms with Gasteiger partial charge in [0.2, 0.25) is 0 Å². The van der Waals surface area contributed by atoms with Crippen LogP contribution in [-0.2, 0) is 19.5 Å². The Hall–Kier alpha value is -3.44. The summed E-state index contributed by atoms with van der Waals surface area (Å²) >= 11 is 0. The maximum Gasteiger partial charge on any atom is 0.428 e. The second kappa shape index (κ2) is 11.4. The van der Waals surface area contributed by atoms with E-state index in [1.807, 2.05) is 20.8 Å². The Kier molecular flexibility index (Phi) is 8.31. The number of benzene rings is 2. The number of esters is 1. The Bertz CT molecular complexity index is 1420. The summed E-state index contributed by atoms with van der Waals surface area (Å²) in [6.07, 6.45) is 1.22. The van der Waals surface area contributed by atoms with E-state index in [9.17, 15) is 22.4 Å². The predicted molar refractivity (Wildman–Crippen MR) is 144 cm³/mol. The van der Waals surface area contributed by atoms with Gasteiger partial charge in [-0.1, -0.05) is 31.6 Å². The van der Waals surface area contributed by atoms with E-state index in [0.29, 0.717) is 23.4 Å². The van der Waals surface area contributed by atoms with Crippen LogP contribution in [0.5, 0.6) is 5.75 Å². The third-order valence-corrected chi connectivity index (χ3v) is 8.89.